The van der Waals surface area contributed by atoms with Crippen molar-refractivity contribution in [3.63, 3.8) is 0 Å². The largest absolute Gasteiger partial charge is 0.368 e. The van der Waals surface area contributed by atoms with Gasteiger partial charge in [0.2, 0.25) is 21.8 Å². The van der Waals surface area contributed by atoms with E-state index in [2.05, 4.69) is 4.72 Å². The Bertz CT molecular complexity index is 982. The molecule has 2 rings (SSSR count). The number of carbonyl (C=O) groups excluding carboxylic acids is 2. The van der Waals surface area contributed by atoms with E-state index in [4.69, 9.17) is 17.3 Å². The predicted molar refractivity (Wildman–Crippen MR) is 127 cm³/mol. The molecule has 0 fully saturated rings. The minimum absolute atomic E-state index is 0.103. The van der Waals surface area contributed by atoms with E-state index in [1.165, 1.54) is 0 Å². The van der Waals surface area contributed by atoms with E-state index in [0.717, 1.165) is 37.5 Å². The van der Waals surface area contributed by atoms with E-state index in [-0.39, 0.29) is 34.8 Å². The van der Waals surface area contributed by atoms with Crippen LogP contribution in [0.25, 0.3) is 0 Å². The first-order chi connectivity index (χ1) is 15.5. The molecule has 1 aromatic carbocycles. The van der Waals surface area contributed by atoms with Gasteiger partial charge in [-0.25, -0.2) is 17.5 Å². The van der Waals surface area contributed by atoms with E-state index in [1.54, 1.807) is 4.90 Å². The molecule has 0 radical (unpaired) electrons. The second-order valence-electron chi connectivity index (χ2n) is 8.70. The summed E-state index contributed by atoms with van der Waals surface area (Å²) in [7, 11) is -3.90. The van der Waals surface area contributed by atoms with Crippen molar-refractivity contribution in [2.45, 2.75) is 69.7 Å². The van der Waals surface area contributed by atoms with Crippen LogP contribution in [0, 0.1) is 11.7 Å². The lowest BCUT2D eigenvalue weighted by molar-refractivity contribution is -0.137. The molecule has 0 aromatic heterocycles. The summed E-state index contributed by atoms with van der Waals surface area (Å²) < 4.78 is 40.5. The Balaban J connectivity index is 2.02. The summed E-state index contributed by atoms with van der Waals surface area (Å²) in [5, 5.41) is -0.196. The molecule has 33 heavy (non-hydrogen) atoms. The van der Waals surface area contributed by atoms with Gasteiger partial charge < -0.3 is 10.6 Å². The second kappa shape index (κ2) is 12.5. The van der Waals surface area contributed by atoms with Crippen LogP contribution >= 0.6 is 11.6 Å². The van der Waals surface area contributed by atoms with Gasteiger partial charge in [0.05, 0.1) is 5.02 Å². The Kier molecular flexibility index (Phi) is 10.3. The topological polar surface area (TPSA) is 110 Å². The summed E-state index contributed by atoms with van der Waals surface area (Å²) in [5.41, 5.74) is 6.36. The maximum Gasteiger partial charge on any atom is 0.250 e. The van der Waals surface area contributed by atoms with Crippen LogP contribution < -0.4 is 10.5 Å². The highest BCUT2D eigenvalue weighted by Crippen LogP contribution is 2.24. The molecule has 3 N–H and O–H groups in total. The summed E-state index contributed by atoms with van der Waals surface area (Å²) >= 11 is 5.86. The summed E-state index contributed by atoms with van der Waals surface area (Å²) in [6.45, 7) is 4.32. The van der Waals surface area contributed by atoms with Crippen LogP contribution in [0.3, 0.4) is 0 Å². The number of nitrogens with zero attached hydrogens (tertiary/aromatic N) is 1. The summed E-state index contributed by atoms with van der Waals surface area (Å²) in [5.74, 6) is -1.16. The number of carbonyl (C=O) groups is 2. The Morgan fingerprint density at radius 3 is 2.55 bits per heavy atom. The minimum atomic E-state index is -3.90. The van der Waals surface area contributed by atoms with Crippen molar-refractivity contribution in [1.29, 1.82) is 0 Å². The molecule has 0 unspecified atom stereocenters. The van der Waals surface area contributed by atoms with Crippen molar-refractivity contribution in [2.75, 3.05) is 13.1 Å². The van der Waals surface area contributed by atoms with E-state index >= 15 is 0 Å². The van der Waals surface area contributed by atoms with Crippen molar-refractivity contribution in [3.8, 4) is 0 Å². The van der Waals surface area contributed by atoms with E-state index < -0.39 is 27.8 Å². The average molecular weight is 502 g/mol. The molecule has 7 nitrogen and oxygen atoms in total. The van der Waals surface area contributed by atoms with Gasteiger partial charge in [0.25, 0.3) is 0 Å². The van der Waals surface area contributed by atoms with Crippen molar-refractivity contribution >= 4 is 33.4 Å². The number of hydrogen-bond donors (Lipinski definition) is 2. The Morgan fingerprint density at radius 2 is 1.97 bits per heavy atom. The summed E-state index contributed by atoms with van der Waals surface area (Å²) in [6.07, 6.45) is 6.80. The van der Waals surface area contributed by atoms with Crippen LogP contribution in [0.15, 0.2) is 34.7 Å². The third-order valence-electron chi connectivity index (χ3n) is 5.53. The lowest BCUT2D eigenvalue weighted by atomic mass is 9.96. The lowest BCUT2D eigenvalue weighted by Crippen LogP contribution is -2.49. The first-order valence-corrected chi connectivity index (χ1v) is 13.1. The molecule has 0 spiro atoms. The van der Waals surface area contributed by atoms with Gasteiger partial charge in [0, 0.05) is 18.7 Å². The first kappa shape index (κ1) is 27.3. The maximum absolute atomic E-state index is 13.2. The quantitative estimate of drug-likeness (QED) is 0.425. The number of unbranched alkanes of at least 4 members (excludes halogenated alkanes) is 1. The molecule has 0 saturated heterocycles. The van der Waals surface area contributed by atoms with Crippen LogP contribution in [0.2, 0.25) is 5.02 Å². The molecule has 1 aliphatic carbocycles. The molecular weight excluding hydrogens is 469 g/mol. The van der Waals surface area contributed by atoms with Crippen molar-refractivity contribution in [1.82, 2.24) is 9.62 Å². The molecular formula is C23H33ClFN3O4S. The SMILES string of the molecule is CC(C)C[C@@H](C(N)=O)N(CCCCNS(=O)(=O)c1ccc(F)cc1Cl)C(=O)C1=CCCCC1. The zero-order chi connectivity index (χ0) is 24.6. The molecule has 1 aliphatic rings. The van der Waals surface area contributed by atoms with Gasteiger partial charge in [-0.3, -0.25) is 9.59 Å². The highest BCUT2D eigenvalue weighted by Gasteiger charge is 2.30. The molecule has 0 bridgehead atoms. The van der Waals surface area contributed by atoms with Crippen molar-refractivity contribution in [3.05, 3.63) is 40.7 Å². The van der Waals surface area contributed by atoms with Crippen molar-refractivity contribution < 1.29 is 22.4 Å². The molecule has 184 valence electrons. The number of primary amides is 1. The number of amides is 2. The molecule has 0 aliphatic heterocycles. The monoisotopic (exact) mass is 501 g/mol. The smallest absolute Gasteiger partial charge is 0.250 e. The van der Waals surface area contributed by atoms with Crippen LogP contribution in [0.5, 0.6) is 0 Å². The Hall–Kier alpha value is -1.97. The second-order valence-corrected chi connectivity index (χ2v) is 10.8. The number of hydrogen-bond acceptors (Lipinski definition) is 4. The number of rotatable bonds is 12. The maximum atomic E-state index is 13.2. The molecule has 1 aromatic rings. The third-order valence-corrected chi connectivity index (χ3v) is 7.47. The fourth-order valence-electron chi connectivity index (χ4n) is 3.84. The molecule has 0 saturated carbocycles. The Morgan fingerprint density at radius 1 is 1.24 bits per heavy atom. The van der Waals surface area contributed by atoms with Gasteiger partial charge in [0.15, 0.2) is 0 Å². The standard InChI is InChI=1S/C23H33ClFN3O4S/c1-16(2)14-20(22(26)29)28(23(30)17-8-4-3-5-9-17)13-7-6-12-27-33(31,32)21-11-10-18(25)15-19(21)24/h8,10-11,15-16,20,27H,3-7,9,12-14H2,1-2H3,(H2,26,29)/t20-/m0/s1. The number of nitrogens with one attached hydrogen (secondary N) is 1. The van der Waals surface area contributed by atoms with Crippen molar-refractivity contribution in [2.24, 2.45) is 11.7 Å². The number of allylic oxidation sites excluding steroid dienone is 1. The van der Waals surface area contributed by atoms with Crippen LogP contribution in [-0.4, -0.2) is 44.3 Å². The van der Waals surface area contributed by atoms with Gasteiger partial charge in [-0.15, -0.1) is 0 Å². The number of nitrogens with two attached hydrogens (primary N) is 1. The molecule has 0 heterocycles. The van der Waals surface area contributed by atoms with Crippen LogP contribution in [0.4, 0.5) is 4.39 Å². The fraction of sp³-hybridized carbons (Fsp3) is 0.565. The van der Waals surface area contributed by atoms with E-state index in [1.807, 2.05) is 19.9 Å². The molecule has 10 heteroatoms. The fourth-order valence-corrected chi connectivity index (χ4v) is 5.45. The van der Waals surface area contributed by atoms with Gasteiger partial charge in [-0.1, -0.05) is 31.5 Å². The summed E-state index contributed by atoms with van der Waals surface area (Å²) in [4.78, 5) is 26.7. The number of halogens is 2. The zero-order valence-corrected chi connectivity index (χ0v) is 20.7. The highest BCUT2D eigenvalue weighted by atomic mass is 35.5. The average Bonchev–Trinajstić information content (AvgIpc) is 2.74. The van der Waals surface area contributed by atoms with Crippen LogP contribution in [0.1, 0.15) is 58.8 Å². The van der Waals surface area contributed by atoms with Gasteiger partial charge in [-0.05, 0) is 69.1 Å². The van der Waals surface area contributed by atoms with Gasteiger partial charge in [-0.2, -0.15) is 0 Å². The van der Waals surface area contributed by atoms with E-state index in [0.29, 0.717) is 31.3 Å². The number of sulfonamides is 1. The lowest BCUT2D eigenvalue weighted by Gasteiger charge is -2.32. The highest BCUT2D eigenvalue weighted by molar-refractivity contribution is 7.89. The van der Waals surface area contributed by atoms with Crippen LogP contribution in [-0.2, 0) is 19.6 Å². The zero-order valence-electron chi connectivity index (χ0n) is 19.1. The predicted octanol–water partition coefficient (Wildman–Crippen LogP) is 3.77. The minimum Gasteiger partial charge on any atom is -0.368 e. The first-order valence-electron chi connectivity index (χ1n) is 11.3. The molecule has 2 amide bonds. The normalized spacial score (nSPS) is 15.2. The van der Waals surface area contributed by atoms with E-state index in [9.17, 15) is 22.4 Å². The molecule has 1 atom stereocenters. The third kappa shape index (κ3) is 8.08. The van der Waals surface area contributed by atoms with Gasteiger partial charge in [0.1, 0.15) is 16.8 Å². The summed E-state index contributed by atoms with van der Waals surface area (Å²) in [6, 6.07) is 2.37. The van der Waals surface area contributed by atoms with Gasteiger partial charge >= 0.3 is 0 Å². The number of benzene rings is 1. The Labute approximate surface area is 200 Å².